The highest BCUT2D eigenvalue weighted by molar-refractivity contribution is 6.03. The lowest BCUT2D eigenvalue weighted by molar-refractivity contribution is -0.144. The highest BCUT2D eigenvalue weighted by Gasteiger charge is 2.30. The molecule has 3 rings (SSSR count). The van der Waals surface area contributed by atoms with Crippen LogP contribution in [0.25, 0.3) is 10.8 Å². The molecule has 1 atom stereocenters. The first kappa shape index (κ1) is 15.5. The van der Waals surface area contributed by atoms with E-state index in [0.29, 0.717) is 0 Å². The van der Waals surface area contributed by atoms with Crippen LogP contribution >= 0.6 is 0 Å². The Labute approximate surface area is 134 Å². The van der Waals surface area contributed by atoms with E-state index in [1.54, 1.807) is 0 Å². The molecule has 1 aliphatic heterocycles. The number of nitrogens with one attached hydrogen (secondary N) is 1. The van der Waals surface area contributed by atoms with E-state index in [2.05, 4.69) is 5.32 Å². The SMILES string of the molecule is O=C(C[C@@H](C(=O)O)N1CCCC1)Nc1cccc2ccccc12. The predicted molar refractivity (Wildman–Crippen MR) is 89.4 cm³/mol. The number of carboxylic acids is 1. The molecule has 0 saturated carbocycles. The number of anilines is 1. The van der Waals surface area contributed by atoms with Gasteiger partial charge < -0.3 is 10.4 Å². The Bertz CT molecular complexity index is 718. The number of hydrogen-bond donors (Lipinski definition) is 2. The third-order valence-corrected chi connectivity index (χ3v) is 4.31. The van der Waals surface area contributed by atoms with Crippen molar-refractivity contribution in [2.75, 3.05) is 18.4 Å². The molecule has 2 N–H and O–H groups in total. The Morgan fingerprint density at radius 2 is 1.78 bits per heavy atom. The Morgan fingerprint density at radius 3 is 2.52 bits per heavy atom. The van der Waals surface area contributed by atoms with Crippen LogP contribution in [0.1, 0.15) is 19.3 Å². The molecule has 120 valence electrons. The van der Waals surface area contributed by atoms with Crippen LogP contribution in [0.3, 0.4) is 0 Å². The molecule has 2 aromatic rings. The number of aliphatic carboxylic acids is 1. The first-order chi connectivity index (χ1) is 11.1. The Morgan fingerprint density at radius 1 is 1.09 bits per heavy atom. The summed E-state index contributed by atoms with van der Waals surface area (Å²) in [6.07, 6.45) is 1.96. The topological polar surface area (TPSA) is 69.6 Å². The van der Waals surface area contributed by atoms with Crippen LogP contribution in [0, 0.1) is 0 Å². The van der Waals surface area contributed by atoms with Gasteiger partial charge in [-0.2, -0.15) is 0 Å². The molecule has 1 amide bonds. The number of carboxylic acid groups (broad SMARTS) is 1. The zero-order valence-electron chi connectivity index (χ0n) is 12.9. The van der Waals surface area contributed by atoms with Crippen LogP contribution in [0.2, 0.25) is 0 Å². The fraction of sp³-hybridized carbons (Fsp3) is 0.333. The molecule has 0 bridgehead atoms. The zero-order chi connectivity index (χ0) is 16.2. The number of fused-ring (bicyclic) bond motifs is 1. The van der Waals surface area contributed by atoms with Crippen LogP contribution in [0.15, 0.2) is 42.5 Å². The van der Waals surface area contributed by atoms with Crippen molar-refractivity contribution in [3.05, 3.63) is 42.5 Å². The molecule has 1 saturated heterocycles. The van der Waals surface area contributed by atoms with Gasteiger partial charge in [0.25, 0.3) is 0 Å². The lowest BCUT2D eigenvalue weighted by Gasteiger charge is -2.23. The lowest BCUT2D eigenvalue weighted by Crippen LogP contribution is -2.41. The average Bonchev–Trinajstić information content (AvgIpc) is 3.07. The molecule has 1 fully saturated rings. The summed E-state index contributed by atoms with van der Waals surface area (Å²) in [6, 6.07) is 12.8. The number of hydrogen-bond acceptors (Lipinski definition) is 3. The van der Waals surface area contributed by atoms with Gasteiger partial charge in [-0.25, -0.2) is 0 Å². The maximum absolute atomic E-state index is 12.3. The fourth-order valence-corrected chi connectivity index (χ4v) is 3.14. The van der Waals surface area contributed by atoms with Gasteiger partial charge in [-0.15, -0.1) is 0 Å². The fourth-order valence-electron chi connectivity index (χ4n) is 3.14. The van der Waals surface area contributed by atoms with Gasteiger partial charge in [-0.1, -0.05) is 36.4 Å². The highest BCUT2D eigenvalue weighted by atomic mass is 16.4. The van der Waals surface area contributed by atoms with E-state index in [4.69, 9.17) is 0 Å². The summed E-state index contributed by atoms with van der Waals surface area (Å²) >= 11 is 0. The van der Waals surface area contributed by atoms with Crippen LogP contribution < -0.4 is 5.32 Å². The number of carbonyl (C=O) groups is 2. The van der Waals surface area contributed by atoms with Gasteiger partial charge in [0, 0.05) is 11.1 Å². The van der Waals surface area contributed by atoms with Crippen LogP contribution in [0.4, 0.5) is 5.69 Å². The van der Waals surface area contributed by atoms with Crippen molar-refractivity contribution in [2.24, 2.45) is 0 Å². The summed E-state index contributed by atoms with van der Waals surface area (Å²) in [4.78, 5) is 25.7. The van der Waals surface area contributed by atoms with Gasteiger partial charge in [0.05, 0.1) is 6.42 Å². The van der Waals surface area contributed by atoms with Crippen molar-refractivity contribution in [2.45, 2.75) is 25.3 Å². The zero-order valence-corrected chi connectivity index (χ0v) is 12.9. The number of nitrogens with zero attached hydrogens (tertiary/aromatic N) is 1. The van der Waals surface area contributed by atoms with Crippen molar-refractivity contribution in [1.82, 2.24) is 4.90 Å². The summed E-state index contributed by atoms with van der Waals surface area (Å²) in [6.45, 7) is 1.50. The molecule has 0 unspecified atom stereocenters. The van der Waals surface area contributed by atoms with Crippen LogP contribution in [0.5, 0.6) is 0 Å². The number of likely N-dealkylation sites (tertiary alicyclic amines) is 1. The van der Waals surface area contributed by atoms with E-state index in [9.17, 15) is 14.7 Å². The van der Waals surface area contributed by atoms with Crippen LogP contribution in [-0.4, -0.2) is 41.0 Å². The van der Waals surface area contributed by atoms with Crippen molar-refractivity contribution in [3.8, 4) is 0 Å². The average molecular weight is 312 g/mol. The molecule has 1 heterocycles. The van der Waals surface area contributed by atoms with E-state index in [0.717, 1.165) is 42.4 Å². The second-order valence-corrected chi connectivity index (χ2v) is 5.88. The third kappa shape index (κ3) is 3.51. The van der Waals surface area contributed by atoms with Gasteiger partial charge in [-0.3, -0.25) is 14.5 Å². The smallest absolute Gasteiger partial charge is 0.321 e. The van der Waals surface area contributed by atoms with Gasteiger partial charge in [0.15, 0.2) is 0 Å². The van der Waals surface area contributed by atoms with E-state index in [1.165, 1.54) is 0 Å². The van der Waals surface area contributed by atoms with Gasteiger partial charge in [0.2, 0.25) is 5.91 Å². The van der Waals surface area contributed by atoms with Crippen molar-refractivity contribution < 1.29 is 14.7 Å². The summed E-state index contributed by atoms with van der Waals surface area (Å²) in [7, 11) is 0. The number of benzene rings is 2. The first-order valence-corrected chi connectivity index (χ1v) is 7.89. The third-order valence-electron chi connectivity index (χ3n) is 4.31. The Balaban J connectivity index is 1.73. The second-order valence-electron chi connectivity index (χ2n) is 5.88. The molecular formula is C18H20N2O3. The molecular weight excluding hydrogens is 292 g/mol. The Hall–Kier alpha value is -2.40. The lowest BCUT2D eigenvalue weighted by atomic mass is 10.1. The predicted octanol–water partition coefficient (Wildman–Crippen LogP) is 2.72. The standard InChI is InChI=1S/C18H20N2O3/c21-17(12-16(18(22)23)20-10-3-4-11-20)19-15-9-5-7-13-6-1-2-8-14(13)15/h1-2,5-9,16H,3-4,10-12H2,(H,19,21)(H,22,23)/t16-/m0/s1. The molecule has 2 aromatic carbocycles. The monoisotopic (exact) mass is 312 g/mol. The Kier molecular flexibility index (Phi) is 4.57. The highest BCUT2D eigenvalue weighted by Crippen LogP contribution is 2.23. The summed E-state index contributed by atoms with van der Waals surface area (Å²) in [5.41, 5.74) is 0.721. The quantitative estimate of drug-likeness (QED) is 0.890. The van der Waals surface area contributed by atoms with Gasteiger partial charge >= 0.3 is 5.97 Å². The first-order valence-electron chi connectivity index (χ1n) is 7.89. The molecule has 0 spiro atoms. The van der Waals surface area contributed by atoms with E-state index in [-0.39, 0.29) is 12.3 Å². The largest absolute Gasteiger partial charge is 0.480 e. The minimum absolute atomic E-state index is 0.0292. The van der Waals surface area contributed by atoms with Crippen molar-refractivity contribution in [3.63, 3.8) is 0 Å². The molecule has 23 heavy (non-hydrogen) atoms. The minimum atomic E-state index is -0.931. The van der Waals surface area contributed by atoms with Crippen LogP contribution in [-0.2, 0) is 9.59 Å². The van der Waals surface area contributed by atoms with E-state index in [1.807, 2.05) is 47.4 Å². The molecule has 5 nitrogen and oxygen atoms in total. The number of amides is 1. The second kappa shape index (κ2) is 6.79. The molecule has 0 aromatic heterocycles. The van der Waals surface area contributed by atoms with Gasteiger partial charge in [-0.05, 0) is 37.4 Å². The van der Waals surface area contributed by atoms with Crippen molar-refractivity contribution >= 4 is 28.3 Å². The normalized spacial score (nSPS) is 16.3. The van der Waals surface area contributed by atoms with E-state index >= 15 is 0 Å². The minimum Gasteiger partial charge on any atom is -0.480 e. The molecule has 0 aliphatic carbocycles. The summed E-state index contributed by atoms with van der Waals surface area (Å²) in [5, 5.41) is 14.3. The summed E-state index contributed by atoms with van der Waals surface area (Å²) in [5.74, 6) is -1.19. The van der Waals surface area contributed by atoms with Gasteiger partial charge in [0.1, 0.15) is 6.04 Å². The summed E-state index contributed by atoms with van der Waals surface area (Å²) < 4.78 is 0. The maximum atomic E-state index is 12.3. The molecule has 5 heteroatoms. The van der Waals surface area contributed by atoms with E-state index < -0.39 is 12.0 Å². The van der Waals surface area contributed by atoms with Crippen molar-refractivity contribution in [1.29, 1.82) is 0 Å². The molecule has 1 aliphatic rings. The maximum Gasteiger partial charge on any atom is 0.321 e. The number of rotatable bonds is 5. The number of carbonyl (C=O) groups excluding carboxylic acids is 1. The molecule has 0 radical (unpaired) electrons.